The summed E-state index contributed by atoms with van der Waals surface area (Å²) in [5.74, 6) is -1.10. The maximum atomic E-state index is 11.5. The third kappa shape index (κ3) is 1.25. The standard InChI is InChI=1S/C10H14O4/c1-14-10(13)9-5-2-3-7(11)6(5)4-8(9)12/h5-7,9,11H,2-4H2,1H3. The van der Waals surface area contributed by atoms with E-state index in [2.05, 4.69) is 4.74 Å². The molecule has 4 unspecified atom stereocenters. The fourth-order valence-corrected chi connectivity index (χ4v) is 2.81. The zero-order chi connectivity index (χ0) is 10.3. The van der Waals surface area contributed by atoms with Crippen LogP contribution in [0.5, 0.6) is 0 Å². The maximum Gasteiger partial charge on any atom is 0.316 e. The Labute approximate surface area is 82.2 Å². The van der Waals surface area contributed by atoms with Crippen LogP contribution in [0.25, 0.3) is 0 Å². The molecule has 4 nitrogen and oxygen atoms in total. The first kappa shape index (κ1) is 9.65. The lowest BCUT2D eigenvalue weighted by molar-refractivity contribution is -0.149. The van der Waals surface area contributed by atoms with Crippen LogP contribution in [0.3, 0.4) is 0 Å². The highest BCUT2D eigenvalue weighted by Gasteiger charge is 2.52. The van der Waals surface area contributed by atoms with Crippen LogP contribution in [0, 0.1) is 17.8 Å². The van der Waals surface area contributed by atoms with Crippen LogP contribution in [-0.4, -0.2) is 30.1 Å². The Morgan fingerprint density at radius 3 is 2.79 bits per heavy atom. The summed E-state index contributed by atoms with van der Waals surface area (Å²) in [7, 11) is 1.30. The van der Waals surface area contributed by atoms with Gasteiger partial charge in [0.1, 0.15) is 11.7 Å². The Balaban J connectivity index is 2.18. The summed E-state index contributed by atoms with van der Waals surface area (Å²) in [6.45, 7) is 0. The molecule has 78 valence electrons. The molecule has 2 saturated carbocycles. The Morgan fingerprint density at radius 1 is 1.43 bits per heavy atom. The van der Waals surface area contributed by atoms with Crippen molar-refractivity contribution in [1.82, 2.24) is 0 Å². The molecule has 0 aliphatic heterocycles. The summed E-state index contributed by atoms with van der Waals surface area (Å²) in [6.07, 6.45) is 1.40. The van der Waals surface area contributed by atoms with Gasteiger partial charge in [0.15, 0.2) is 0 Å². The van der Waals surface area contributed by atoms with Gasteiger partial charge in [-0.2, -0.15) is 0 Å². The van der Waals surface area contributed by atoms with Crippen molar-refractivity contribution in [3.05, 3.63) is 0 Å². The molecule has 2 fully saturated rings. The molecule has 0 bridgehead atoms. The van der Waals surface area contributed by atoms with Gasteiger partial charge in [0, 0.05) is 6.42 Å². The van der Waals surface area contributed by atoms with Crippen molar-refractivity contribution in [3.63, 3.8) is 0 Å². The minimum atomic E-state index is -0.609. The first-order chi connectivity index (χ1) is 6.65. The van der Waals surface area contributed by atoms with Crippen LogP contribution >= 0.6 is 0 Å². The van der Waals surface area contributed by atoms with Gasteiger partial charge in [-0.1, -0.05) is 0 Å². The van der Waals surface area contributed by atoms with Crippen molar-refractivity contribution >= 4 is 11.8 Å². The monoisotopic (exact) mass is 198 g/mol. The molecule has 4 heteroatoms. The van der Waals surface area contributed by atoms with Gasteiger partial charge in [-0.05, 0) is 24.7 Å². The van der Waals surface area contributed by atoms with E-state index >= 15 is 0 Å². The van der Waals surface area contributed by atoms with Gasteiger partial charge in [-0.3, -0.25) is 9.59 Å². The van der Waals surface area contributed by atoms with Gasteiger partial charge in [0.2, 0.25) is 0 Å². The second-order valence-electron chi connectivity index (χ2n) is 4.14. The Bertz CT molecular complexity index is 273. The Kier molecular flexibility index (Phi) is 2.31. The van der Waals surface area contributed by atoms with E-state index < -0.39 is 18.0 Å². The molecule has 2 aliphatic rings. The SMILES string of the molecule is COC(=O)C1C(=O)CC2C(O)CCC12. The number of aliphatic hydroxyl groups excluding tert-OH is 1. The molecule has 4 atom stereocenters. The lowest BCUT2D eigenvalue weighted by Crippen LogP contribution is -2.26. The molecular weight excluding hydrogens is 184 g/mol. The first-order valence-electron chi connectivity index (χ1n) is 4.93. The molecule has 0 aromatic rings. The number of Topliss-reactive ketones (excluding diaryl/α,β-unsaturated/α-hetero) is 1. The fourth-order valence-electron chi connectivity index (χ4n) is 2.81. The highest BCUT2D eigenvalue weighted by Crippen LogP contribution is 2.46. The van der Waals surface area contributed by atoms with Crippen molar-refractivity contribution in [2.45, 2.75) is 25.4 Å². The number of rotatable bonds is 1. The van der Waals surface area contributed by atoms with Crippen LogP contribution in [0.4, 0.5) is 0 Å². The minimum Gasteiger partial charge on any atom is -0.468 e. The van der Waals surface area contributed by atoms with E-state index in [9.17, 15) is 14.7 Å². The van der Waals surface area contributed by atoms with Gasteiger partial charge in [-0.25, -0.2) is 0 Å². The number of esters is 1. The van der Waals surface area contributed by atoms with E-state index in [-0.39, 0.29) is 17.6 Å². The molecule has 0 heterocycles. The van der Waals surface area contributed by atoms with Gasteiger partial charge in [-0.15, -0.1) is 0 Å². The van der Waals surface area contributed by atoms with E-state index in [4.69, 9.17) is 0 Å². The summed E-state index contributed by atoms with van der Waals surface area (Å²) in [6, 6.07) is 0. The maximum absolute atomic E-state index is 11.5. The summed E-state index contributed by atoms with van der Waals surface area (Å²) in [4.78, 5) is 22.9. The predicted molar refractivity (Wildman–Crippen MR) is 47.4 cm³/mol. The third-order valence-electron chi connectivity index (χ3n) is 3.51. The number of hydrogen-bond donors (Lipinski definition) is 1. The Morgan fingerprint density at radius 2 is 2.14 bits per heavy atom. The van der Waals surface area contributed by atoms with Crippen molar-refractivity contribution in [1.29, 1.82) is 0 Å². The normalized spacial score (nSPS) is 41.1. The smallest absolute Gasteiger partial charge is 0.316 e. The molecule has 2 aliphatic carbocycles. The molecule has 1 N–H and O–H groups in total. The second-order valence-corrected chi connectivity index (χ2v) is 4.14. The summed E-state index contributed by atoms with van der Waals surface area (Å²) in [5.41, 5.74) is 0. The van der Waals surface area contributed by atoms with Crippen molar-refractivity contribution in [3.8, 4) is 0 Å². The van der Waals surface area contributed by atoms with E-state index in [1.165, 1.54) is 7.11 Å². The van der Waals surface area contributed by atoms with Gasteiger partial charge in [0.25, 0.3) is 0 Å². The Hall–Kier alpha value is -0.900. The van der Waals surface area contributed by atoms with Crippen LogP contribution in [0.15, 0.2) is 0 Å². The molecular formula is C10H14O4. The lowest BCUT2D eigenvalue weighted by Gasteiger charge is -2.14. The van der Waals surface area contributed by atoms with Gasteiger partial charge in [0.05, 0.1) is 13.2 Å². The molecule has 2 rings (SSSR count). The van der Waals surface area contributed by atoms with Gasteiger partial charge < -0.3 is 9.84 Å². The zero-order valence-electron chi connectivity index (χ0n) is 8.10. The minimum absolute atomic E-state index is 0.00778. The zero-order valence-corrected chi connectivity index (χ0v) is 8.10. The summed E-state index contributed by atoms with van der Waals surface area (Å²) < 4.78 is 4.61. The predicted octanol–water partition coefficient (Wildman–Crippen LogP) is 0.135. The molecule has 0 spiro atoms. The fraction of sp³-hybridized carbons (Fsp3) is 0.800. The van der Waals surface area contributed by atoms with Crippen molar-refractivity contribution in [2.75, 3.05) is 7.11 Å². The first-order valence-corrected chi connectivity index (χ1v) is 4.93. The largest absolute Gasteiger partial charge is 0.468 e. The van der Waals surface area contributed by atoms with E-state index in [0.717, 1.165) is 6.42 Å². The van der Waals surface area contributed by atoms with E-state index in [1.54, 1.807) is 0 Å². The molecule has 0 aromatic carbocycles. The number of fused-ring (bicyclic) bond motifs is 1. The highest BCUT2D eigenvalue weighted by atomic mass is 16.5. The van der Waals surface area contributed by atoms with Gasteiger partial charge >= 0.3 is 5.97 Å². The molecule has 14 heavy (non-hydrogen) atoms. The third-order valence-corrected chi connectivity index (χ3v) is 3.51. The highest BCUT2D eigenvalue weighted by molar-refractivity contribution is 6.01. The number of hydrogen-bond acceptors (Lipinski definition) is 4. The van der Waals surface area contributed by atoms with Crippen LogP contribution < -0.4 is 0 Å². The molecule has 0 saturated heterocycles. The number of methoxy groups -OCH3 is 1. The number of carbonyl (C=O) groups is 2. The second kappa shape index (κ2) is 3.35. The number of carbonyl (C=O) groups excluding carboxylic acids is 2. The number of aliphatic hydroxyl groups is 1. The summed E-state index contributed by atoms with van der Waals surface area (Å²) >= 11 is 0. The van der Waals surface area contributed by atoms with Crippen LogP contribution in [0.2, 0.25) is 0 Å². The molecule has 0 amide bonds. The van der Waals surface area contributed by atoms with Crippen molar-refractivity contribution in [2.24, 2.45) is 17.8 Å². The summed E-state index contributed by atoms with van der Waals surface area (Å²) in [5, 5.41) is 9.59. The lowest BCUT2D eigenvalue weighted by atomic mass is 9.91. The topological polar surface area (TPSA) is 63.6 Å². The number of ether oxygens (including phenoxy) is 1. The van der Waals surface area contributed by atoms with Crippen LogP contribution in [-0.2, 0) is 14.3 Å². The van der Waals surface area contributed by atoms with Crippen molar-refractivity contribution < 1.29 is 19.4 Å². The average Bonchev–Trinajstić information content (AvgIpc) is 2.65. The molecule has 0 aromatic heterocycles. The van der Waals surface area contributed by atoms with Crippen LogP contribution in [0.1, 0.15) is 19.3 Å². The number of ketones is 1. The van der Waals surface area contributed by atoms with E-state index in [0.29, 0.717) is 12.8 Å². The van der Waals surface area contributed by atoms with E-state index in [1.807, 2.05) is 0 Å². The average molecular weight is 198 g/mol. The quantitative estimate of drug-likeness (QED) is 0.480. The molecule has 0 radical (unpaired) electrons.